The minimum atomic E-state index is -3.54. The fourth-order valence-corrected chi connectivity index (χ4v) is 2.49. The topological polar surface area (TPSA) is 101 Å². The van der Waals surface area contributed by atoms with Gasteiger partial charge in [0.15, 0.2) is 9.84 Å². The Labute approximate surface area is 130 Å². The SMILES string of the molecule is CC(C)(C)S(=O)(=O)CC(=O)Nc1cccc(CCC(=O)O)c1. The smallest absolute Gasteiger partial charge is 0.303 e. The lowest BCUT2D eigenvalue weighted by atomic mass is 10.1. The van der Waals surface area contributed by atoms with Crippen LogP contribution >= 0.6 is 0 Å². The second-order valence-electron chi connectivity index (χ2n) is 6.01. The molecule has 1 amide bonds. The molecule has 0 aliphatic rings. The maximum atomic E-state index is 12.0. The molecule has 0 aliphatic carbocycles. The fraction of sp³-hybridized carbons (Fsp3) is 0.467. The van der Waals surface area contributed by atoms with E-state index in [9.17, 15) is 18.0 Å². The highest BCUT2D eigenvalue weighted by atomic mass is 32.2. The first-order chi connectivity index (χ1) is 10.0. The van der Waals surface area contributed by atoms with Gasteiger partial charge in [-0.3, -0.25) is 9.59 Å². The molecule has 0 radical (unpaired) electrons. The molecular formula is C15H21NO5S. The van der Waals surface area contributed by atoms with Crippen molar-refractivity contribution < 1.29 is 23.1 Å². The van der Waals surface area contributed by atoms with Gasteiger partial charge in [-0.25, -0.2) is 8.42 Å². The zero-order valence-electron chi connectivity index (χ0n) is 12.9. The van der Waals surface area contributed by atoms with Gasteiger partial charge in [0.05, 0.1) is 4.75 Å². The van der Waals surface area contributed by atoms with Crippen LogP contribution in [-0.4, -0.2) is 35.9 Å². The number of carboxylic acids is 1. The second-order valence-corrected chi connectivity index (χ2v) is 8.76. The van der Waals surface area contributed by atoms with Crippen molar-refractivity contribution in [2.75, 3.05) is 11.1 Å². The van der Waals surface area contributed by atoms with Gasteiger partial charge in [-0.2, -0.15) is 0 Å². The van der Waals surface area contributed by atoms with E-state index in [4.69, 9.17) is 5.11 Å². The number of benzene rings is 1. The number of nitrogens with one attached hydrogen (secondary N) is 1. The second kappa shape index (κ2) is 6.91. The van der Waals surface area contributed by atoms with Crippen molar-refractivity contribution in [1.29, 1.82) is 0 Å². The lowest BCUT2D eigenvalue weighted by Gasteiger charge is -2.18. The van der Waals surface area contributed by atoms with Gasteiger partial charge in [0, 0.05) is 12.1 Å². The summed E-state index contributed by atoms with van der Waals surface area (Å²) in [5.74, 6) is -2.09. The molecule has 2 N–H and O–H groups in total. The van der Waals surface area contributed by atoms with Crippen LogP contribution in [0, 0.1) is 0 Å². The number of carbonyl (C=O) groups is 2. The number of anilines is 1. The van der Waals surface area contributed by atoms with Crippen LogP contribution in [0.15, 0.2) is 24.3 Å². The van der Waals surface area contributed by atoms with E-state index in [0.717, 1.165) is 5.56 Å². The molecule has 0 unspecified atom stereocenters. The quantitative estimate of drug-likeness (QED) is 0.830. The van der Waals surface area contributed by atoms with Crippen LogP contribution in [0.4, 0.5) is 5.69 Å². The first-order valence-corrected chi connectivity index (χ1v) is 8.49. The van der Waals surface area contributed by atoms with Crippen molar-refractivity contribution in [3.05, 3.63) is 29.8 Å². The van der Waals surface area contributed by atoms with Gasteiger partial charge in [-0.15, -0.1) is 0 Å². The van der Waals surface area contributed by atoms with Crippen LogP contribution in [0.2, 0.25) is 0 Å². The van der Waals surface area contributed by atoms with E-state index in [1.54, 1.807) is 45.0 Å². The van der Waals surface area contributed by atoms with E-state index >= 15 is 0 Å². The number of amides is 1. The number of hydrogen-bond acceptors (Lipinski definition) is 4. The predicted molar refractivity (Wildman–Crippen MR) is 84.6 cm³/mol. The van der Waals surface area contributed by atoms with Crippen LogP contribution in [0.25, 0.3) is 0 Å². The summed E-state index contributed by atoms with van der Waals surface area (Å²) in [4.78, 5) is 22.4. The summed E-state index contributed by atoms with van der Waals surface area (Å²) in [5, 5.41) is 11.2. The normalized spacial score (nSPS) is 12.0. The number of rotatable bonds is 6. The maximum absolute atomic E-state index is 12.0. The molecular weight excluding hydrogens is 306 g/mol. The molecule has 0 saturated carbocycles. The molecule has 1 aromatic carbocycles. The molecule has 122 valence electrons. The molecule has 7 heteroatoms. The fourth-order valence-electron chi connectivity index (χ4n) is 1.64. The molecule has 0 heterocycles. The Balaban J connectivity index is 2.73. The third-order valence-electron chi connectivity index (χ3n) is 3.09. The van der Waals surface area contributed by atoms with Crippen molar-refractivity contribution in [2.45, 2.75) is 38.4 Å². The van der Waals surface area contributed by atoms with Gasteiger partial charge in [0.1, 0.15) is 5.75 Å². The van der Waals surface area contributed by atoms with E-state index in [1.807, 2.05) is 0 Å². The summed E-state index contributed by atoms with van der Waals surface area (Å²) in [7, 11) is -3.54. The molecule has 0 fully saturated rings. The van der Waals surface area contributed by atoms with Crippen LogP contribution in [0.5, 0.6) is 0 Å². The first-order valence-electron chi connectivity index (χ1n) is 6.84. The Hall–Kier alpha value is -1.89. The highest BCUT2D eigenvalue weighted by Crippen LogP contribution is 2.17. The average molecular weight is 327 g/mol. The average Bonchev–Trinajstić information content (AvgIpc) is 2.34. The molecule has 0 atom stereocenters. The number of aryl methyl sites for hydroxylation is 1. The summed E-state index contributed by atoms with van der Waals surface area (Å²) in [5.41, 5.74) is 1.22. The summed E-state index contributed by atoms with van der Waals surface area (Å²) < 4.78 is 22.9. The molecule has 0 saturated heterocycles. The van der Waals surface area contributed by atoms with Gasteiger partial charge in [0.2, 0.25) is 5.91 Å². The Bertz CT molecular complexity index is 659. The van der Waals surface area contributed by atoms with Crippen molar-refractivity contribution in [2.24, 2.45) is 0 Å². The van der Waals surface area contributed by atoms with Gasteiger partial charge in [0.25, 0.3) is 0 Å². The number of sulfone groups is 1. The molecule has 0 aromatic heterocycles. The van der Waals surface area contributed by atoms with Gasteiger partial charge in [-0.1, -0.05) is 12.1 Å². The van der Waals surface area contributed by atoms with Crippen LogP contribution in [-0.2, 0) is 25.8 Å². The highest BCUT2D eigenvalue weighted by molar-refractivity contribution is 7.93. The largest absolute Gasteiger partial charge is 0.481 e. The minimum absolute atomic E-state index is 0.00416. The standard InChI is InChI=1S/C15H21NO5S/c1-15(2,3)22(20,21)10-13(17)16-12-6-4-5-11(9-12)7-8-14(18)19/h4-6,9H,7-8,10H2,1-3H3,(H,16,17)(H,18,19). The van der Waals surface area contributed by atoms with E-state index in [-0.39, 0.29) is 6.42 Å². The molecule has 1 aromatic rings. The number of hydrogen-bond donors (Lipinski definition) is 2. The predicted octanol–water partition coefficient (Wildman–Crippen LogP) is 1.86. The molecule has 0 spiro atoms. The zero-order valence-corrected chi connectivity index (χ0v) is 13.7. The first kappa shape index (κ1) is 18.2. The lowest BCUT2D eigenvalue weighted by Crippen LogP contribution is -2.35. The van der Waals surface area contributed by atoms with E-state index < -0.39 is 32.2 Å². The maximum Gasteiger partial charge on any atom is 0.303 e. The van der Waals surface area contributed by atoms with Crippen molar-refractivity contribution in [3.8, 4) is 0 Å². The van der Waals surface area contributed by atoms with Crippen LogP contribution in [0.3, 0.4) is 0 Å². The summed E-state index contributed by atoms with van der Waals surface area (Å²) >= 11 is 0. The summed E-state index contributed by atoms with van der Waals surface area (Å²) in [6.45, 7) is 4.63. The van der Waals surface area contributed by atoms with Gasteiger partial charge in [-0.05, 0) is 44.9 Å². The van der Waals surface area contributed by atoms with Gasteiger partial charge < -0.3 is 10.4 Å². The number of carboxylic acid groups (broad SMARTS) is 1. The third-order valence-corrected chi connectivity index (χ3v) is 5.60. The van der Waals surface area contributed by atoms with Crippen LogP contribution in [0.1, 0.15) is 32.8 Å². The van der Waals surface area contributed by atoms with Gasteiger partial charge >= 0.3 is 5.97 Å². The Morgan fingerprint density at radius 3 is 2.41 bits per heavy atom. The molecule has 0 bridgehead atoms. The third kappa shape index (κ3) is 5.48. The van der Waals surface area contributed by atoms with Crippen molar-refractivity contribution in [1.82, 2.24) is 0 Å². The Morgan fingerprint density at radius 1 is 1.23 bits per heavy atom. The van der Waals surface area contributed by atoms with Crippen LogP contribution < -0.4 is 5.32 Å². The number of carbonyl (C=O) groups excluding carboxylic acids is 1. The molecule has 0 aliphatic heterocycles. The van der Waals surface area contributed by atoms with E-state index in [1.165, 1.54) is 0 Å². The summed E-state index contributed by atoms with van der Waals surface area (Å²) in [6.07, 6.45) is 0.342. The van der Waals surface area contributed by atoms with Crippen molar-refractivity contribution >= 4 is 27.4 Å². The molecule has 6 nitrogen and oxygen atoms in total. The van der Waals surface area contributed by atoms with Crippen molar-refractivity contribution in [3.63, 3.8) is 0 Å². The monoisotopic (exact) mass is 327 g/mol. The zero-order chi connectivity index (χ0) is 17.0. The molecule has 22 heavy (non-hydrogen) atoms. The highest BCUT2D eigenvalue weighted by Gasteiger charge is 2.31. The minimum Gasteiger partial charge on any atom is -0.481 e. The van der Waals surface area contributed by atoms with E-state index in [2.05, 4.69) is 5.32 Å². The van der Waals surface area contributed by atoms with E-state index in [0.29, 0.717) is 12.1 Å². The Morgan fingerprint density at radius 2 is 1.86 bits per heavy atom. The Kier molecular flexibility index (Phi) is 5.71. The summed E-state index contributed by atoms with van der Waals surface area (Å²) in [6, 6.07) is 6.71. The molecule has 1 rings (SSSR count). The lowest BCUT2D eigenvalue weighted by molar-refractivity contribution is -0.137. The number of aliphatic carboxylic acids is 1.